The quantitative estimate of drug-likeness (QED) is 0.833. The van der Waals surface area contributed by atoms with Gasteiger partial charge in [0, 0.05) is 17.3 Å². The summed E-state index contributed by atoms with van der Waals surface area (Å²) in [6.07, 6.45) is -0.0644. The Bertz CT molecular complexity index is 644. The maximum absolute atomic E-state index is 12.1. The van der Waals surface area contributed by atoms with Crippen LogP contribution in [0.3, 0.4) is 0 Å². The van der Waals surface area contributed by atoms with Gasteiger partial charge >= 0.3 is 5.97 Å². The summed E-state index contributed by atoms with van der Waals surface area (Å²) in [7, 11) is 1.29. The zero-order valence-corrected chi connectivity index (χ0v) is 10.9. The molecule has 0 atom stereocenters. The third-order valence-electron chi connectivity index (χ3n) is 2.45. The smallest absolute Gasteiger partial charge is 0.310 e. The molecule has 6 nitrogen and oxygen atoms in total. The van der Waals surface area contributed by atoms with E-state index in [9.17, 15) is 9.59 Å². The van der Waals surface area contributed by atoms with E-state index in [0.29, 0.717) is 21.5 Å². The molecule has 17 heavy (non-hydrogen) atoms. The molecule has 0 aliphatic rings. The maximum Gasteiger partial charge on any atom is 0.310 e. The van der Waals surface area contributed by atoms with E-state index in [-0.39, 0.29) is 12.0 Å². The fraction of sp³-hybridized carbons (Fsp3) is 0.300. The summed E-state index contributed by atoms with van der Waals surface area (Å²) in [5, 5.41) is 3.99. The zero-order chi connectivity index (χ0) is 12.6. The lowest BCUT2D eigenvalue weighted by Crippen LogP contribution is -2.24. The van der Waals surface area contributed by atoms with E-state index in [4.69, 9.17) is 0 Å². The lowest BCUT2D eigenvalue weighted by molar-refractivity contribution is -0.139. The largest absolute Gasteiger partial charge is 0.469 e. The lowest BCUT2D eigenvalue weighted by Gasteiger charge is -2.04. The van der Waals surface area contributed by atoms with E-state index in [1.54, 1.807) is 13.0 Å². The second kappa shape index (κ2) is 4.33. The molecule has 0 saturated heterocycles. The summed E-state index contributed by atoms with van der Waals surface area (Å²) in [6, 6.07) is 1.69. The fourth-order valence-corrected chi connectivity index (χ4v) is 1.95. The van der Waals surface area contributed by atoms with Crippen molar-refractivity contribution >= 4 is 27.5 Å². The van der Waals surface area contributed by atoms with Crippen molar-refractivity contribution in [3.05, 3.63) is 32.3 Å². The van der Waals surface area contributed by atoms with Crippen molar-refractivity contribution in [2.75, 3.05) is 7.11 Å². The Hall–Kier alpha value is -1.63. The molecule has 2 aromatic heterocycles. The number of rotatable bonds is 2. The van der Waals surface area contributed by atoms with Crippen LogP contribution in [-0.2, 0) is 16.0 Å². The van der Waals surface area contributed by atoms with Crippen LogP contribution in [0.4, 0.5) is 0 Å². The number of carbonyl (C=O) groups excluding carboxylic acids is 1. The highest BCUT2D eigenvalue weighted by molar-refractivity contribution is 9.10. The Labute approximate surface area is 105 Å². The normalized spacial score (nSPS) is 10.8. The van der Waals surface area contributed by atoms with Gasteiger partial charge < -0.3 is 9.72 Å². The number of aromatic amines is 1. The van der Waals surface area contributed by atoms with Gasteiger partial charge in [-0.3, -0.25) is 9.59 Å². The molecule has 0 saturated carbocycles. The van der Waals surface area contributed by atoms with Crippen LogP contribution >= 0.6 is 15.9 Å². The van der Waals surface area contributed by atoms with Gasteiger partial charge in [0.05, 0.1) is 13.5 Å². The fourth-order valence-electron chi connectivity index (χ4n) is 1.58. The van der Waals surface area contributed by atoms with E-state index in [1.807, 2.05) is 0 Å². The zero-order valence-electron chi connectivity index (χ0n) is 9.28. The molecule has 0 radical (unpaired) electrons. The molecular weight excluding hydrogens is 290 g/mol. The van der Waals surface area contributed by atoms with E-state index in [2.05, 4.69) is 30.7 Å². The Balaban J connectivity index is 2.63. The number of methoxy groups -OCH3 is 1. The number of nitrogens with zero attached hydrogens (tertiary/aromatic N) is 2. The monoisotopic (exact) mass is 299 g/mol. The van der Waals surface area contributed by atoms with Gasteiger partial charge in [-0.2, -0.15) is 9.61 Å². The first-order chi connectivity index (χ1) is 8.02. The van der Waals surface area contributed by atoms with Crippen molar-refractivity contribution < 1.29 is 9.53 Å². The number of aryl methyl sites for hydroxylation is 1. The first-order valence-corrected chi connectivity index (χ1v) is 5.66. The predicted octanol–water partition coefficient (Wildman–Crippen LogP) is 0.809. The molecule has 7 heteroatoms. The van der Waals surface area contributed by atoms with Crippen LogP contribution in [0.2, 0.25) is 0 Å². The number of esters is 1. The number of carbonyl (C=O) groups is 1. The summed E-state index contributed by atoms with van der Waals surface area (Å²) in [5.41, 5.74) is 1.26. The van der Waals surface area contributed by atoms with Crippen LogP contribution in [0, 0.1) is 6.92 Å². The molecule has 0 aromatic carbocycles. The number of hydrogen-bond donors (Lipinski definition) is 1. The maximum atomic E-state index is 12.1. The number of H-pyrrole nitrogens is 1. The van der Waals surface area contributed by atoms with Crippen LogP contribution in [-0.4, -0.2) is 27.7 Å². The Morgan fingerprint density at radius 3 is 3.00 bits per heavy atom. The topological polar surface area (TPSA) is 76.5 Å². The van der Waals surface area contributed by atoms with E-state index in [0.717, 1.165) is 0 Å². The highest BCUT2D eigenvalue weighted by Crippen LogP contribution is 2.10. The SMILES string of the molecule is COC(=O)Cc1c(C)[nH]c2cc(Br)nn2c1=O. The van der Waals surface area contributed by atoms with Gasteiger partial charge in [-0.25, -0.2) is 0 Å². The standard InChI is InChI=1S/C10H10BrN3O3/c1-5-6(3-9(15)17-2)10(16)14-8(12-5)4-7(11)13-14/h4,12H,3H2,1-2H3. The van der Waals surface area contributed by atoms with Gasteiger partial charge in [-0.05, 0) is 22.9 Å². The summed E-state index contributed by atoms with van der Waals surface area (Å²) in [6.45, 7) is 1.74. The number of fused-ring (bicyclic) bond motifs is 1. The van der Waals surface area contributed by atoms with Gasteiger partial charge in [-0.1, -0.05) is 0 Å². The Morgan fingerprint density at radius 1 is 1.65 bits per heavy atom. The number of aromatic nitrogens is 3. The van der Waals surface area contributed by atoms with Crippen molar-refractivity contribution in [1.29, 1.82) is 0 Å². The highest BCUT2D eigenvalue weighted by Gasteiger charge is 2.14. The average Bonchev–Trinajstić information content (AvgIpc) is 2.64. The molecule has 2 heterocycles. The molecule has 2 rings (SSSR count). The van der Waals surface area contributed by atoms with Gasteiger partial charge in [0.15, 0.2) is 0 Å². The van der Waals surface area contributed by atoms with Crippen LogP contribution in [0.1, 0.15) is 11.3 Å². The van der Waals surface area contributed by atoms with Gasteiger partial charge in [0.2, 0.25) is 0 Å². The number of ether oxygens (including phenoxy) is 1. The van der Waals surface area contributed by atoms with Gasteiger partial charge in [0.1, 0.15) is 10.3 Å². The molecule has 0 spiro atoms. The molecule has 90 valence electrons. The first-order valence-electron chi connectivity index (χ1n) is 4.86. The minimum atomic E-state index is -0.454. The average molecular weight is 300 g/mol. The predicted molar refractivity (Wildman–Crippen MR) is 64.0 cm³/mol. The highest BCUT2D eigenvalue weighted by atomic mass is 79.9. The van der Waals surface area contributed by atoms with Crippen LogP contribution < -0.4 is 5.56 Å². The van der Waals surface area contributed by atoms with Crippen molar-refractivity contribution in [2.24, 2.45) is 0 Å². The van der Waals surface area contributed by atoms with Crippen molar-refractivity contribution in [2.45, 2.75) is 13.3 Å². The summed E-state index contributed by atoms with van der Waals surface area (Å²) in [5.74, 6) is -0.454. The second-order valence-electron chi connectivity index (χ2n) is 3.55. The first kappa shape index (κ1) is 11.8. The van der Waals surface area contributed by atoms with E-state index in [1.165, 1.54) is 11.6 Å². The Morgan fingerprint density at radius 2 is 2.35 bits per heavy atom. The second-order valence-corrected chi connectivity index (χ2v) is 4.36. The van der Waals surface area contributed by atoms with Crippen molar-refractivity contribution in [3.63, 3.8) is 0 Å². The third kappa shape index (κ3) is 2.10. The molecular formula is C10H10BrN3O3. The number of halogens is 1. The molecule has 1 N–H and O–H groups in total. The Kier molecular flexibility index (Phi) is 3.01. The van der Waals surface area contributed by atoms with Gasteiger partial charge in [-0.15, -0.1) is 0 Å². The molecule has 0 amide bonds. The van der Waals surface area contributed by atoms with Gasteiger partial charge in [0.25, 0.3) is 5.56 Å². The van der Waals surface area contributed by atoms with Crippen LogP contribution in [0.15, 0.2) is 15.5 Å². The van der Waals surface area contributed by atoms with Crippen molar-refractivity contribution in [3.8, 4) is 0 Å². The molecule has 0 aliphatic carbocycles. The lowest BCUT2D eigenvalue weighted by atomic mass is 10.2. The number of nitrogens with one attached hydrogen (secondary N) is 1. The van der Waals surface area contributed by atoms with Crippen LogP contribution in [0.5, 0.6) is 0 Å². The minimum absolute atomic E-state index is 0.0644. The molecule has 0 fully saturated rings. The summed E-state index contributed by atoms with van der Waals surface area (Å²) in [4.78, 5) is 26.3. The van der Waals surface area contributed by atoms with E-state index < -0.39 is 5.97 Å². The third-order valence-corrected chi connectivity index (χ3v) is 2.83. The molecule has 2 aromatic rings. The minimum Gasteiger partial charge on any atom is -0.469 e. The molecule has 0 aliphatic heterocycles. The van der Waals surface area contributed by atoms with E-state index >= 15 is 0 Å². The molecule has 0 unspecified atom stereocenters. The van der Waals surface area contributed by atoms with Crippen LogP contribution in [0.25, 0.3) is 5.65 Å². The number of hydrogen-bond acceptors (Lipinski definition) is 4. The van der Waals surface area contributed by atoms with Crippen molar-refractivity contribution in [1.82, 2.24) is 14.6 Å². The summed E-state index contributed by atoms with van der Waals surface area (Å²) >= 11 is 3.19. The summed E-state index contributed by atoms with van der Waals surface area (Å²) < 4.78 is 6.32. The molecule has 0 bridgehead atoms.